The maximum Gasteiger partial charge on any atom is 0.188 e. The van der Waals surface area contributed by atoms with Crippen molar-refractivity contribution in [3.63, 3.8) is 0 Å². The second-order valence-corrected chi connectivity index (χ2v) is 4.17. The van der Waals surface area contributed by atoms with E-state index < -0.39 is 0 Å². The molecule has 6 heteroatoms. The third-order valence-corrected chi connectivity index (χ3v) is 2.65. The molecule has 0 N–H and O–H groups in total. The van der Waals surface area contributed by atoms with Crippen LogP contribution in [0.4, 0.5) is 0 Å². The van der Waals surface area contributed by atoms with E-state index in [4.69, 9.17) is 0 Å². The smallest absolute Gasteiger partial charge is 0.188 e. The first-order chi connectivity index (χ1) is 7.66. The largest absolute Gasteiger partial charge is 0.292 e. The van der Waals surface area contributed by atoms with Crippen LogP contribution in [-0.4, -0.2) is 25.8 Å². The summed E-state index contributed by atoms with van der Waals surface area (Å²) in [5, 5.41) is 7.63. The summed E-state index contributed by atoms with van der Waals surface area (Å²) in [7, 11) is 1.76. The first-order valence-corrected chi connectivity index (χ1v) is 5.45. The molecule has 2 aromatic rings. The van der Waals surface area contributed by atoms with Gasteiger partial charge in [0.2, 0.25) is 0 Å². The Balaban J connectivity index is 2.18. The molecule has 0 atom stereocenters. The second-order valence-electron chi connectivity index (χ2n) is 3.32. The topological polar surface area (TPSA) is 60.7 Å². The number of carbonyl (C=O) groups excluding carboxylic acids is 1. The first-order valence-electron chi connectivity index (χ1n) is 4.66. The number of aryl methyl sites for hydroxylation is 1. The van der Waals surface area contributed by atoms with E-state index in [0.717, 1.165) is 0 Å². The molecule has 0 radical (unpaired) electrons. The molecule has 0 aliphatic heterocycles. The van der Waals surface area contributed by atoms with E-state index >= 15 is 0 Å². The molecule has 0 fully saturated rings. The molecule has 82 valence electrons. The summed E-state index contributed by atoms with van der Waals surface area (Å²) in [5.41, 5.74) is 1.07. The fourth-order valence-corrected chi connectivity index (χ4v) is 1.79. The highest BCUT2D eigenvalue weighted by atomic mass is 79.9. The summed E-state index contributed by atoms with van der Waals surface area (Å²) in [6, 6.07) is 3.56. The minimum absolute atomic E-state index is 0.0759. The van der Waals surface area contributed by atoms with E-state index in [1.807, 2.05) is 0 Å². The predicted octanol–water partition coefficient (Wildman–Crippen LogP) is 1.40. The van der Waals surface area contributed by atoms with Gasteiger partial charge in [0.05, 0.1) is 12.1 Å². The molecule has 2 heterocycles. The fourth-order valence-electron chi connectivity index (χ4n) is 1.32. The monoisotopic (exact) mass is 280 g/mol. The molecule has 0 saturated carbocycles. The molecule has 0 amide bonds. The van der Waals surface area contributed by atoms with Crippen LogP contribution < -0.4 is 0 Å². The zero-order chi connectivity index (χ0) is 11.5. The van der Waals surface area contributed by atoms with E-state index in [1.165, 1.54) is 0 Å². The molecule has 0 saturated heterocycles. The molecular weight excluding hydrogens is 272 g/mol. The van der Waals surface area contributed by atoms with Crippen LogP contribution in [0.25, 0.3) is 0 Å². The number of carbonyl (C=O) groups is 1. The fraction of sp³-hybridized carbons (Fsp3) is 0.200. The third kappa shape index (κ3) is 2.33. The maximum atomic E-state index is 11.9. The zero-order valence-corrected chi connectivity index (χ0v) is 10.2. The lowest BCUT2D eigenvalue weighted by molar-refractivity contribution is 0.0986. The van der Waals surface area contributed by atoms with Gasteiger partial charge in [-0.05, 0) is 28.1 Å². The molecule has 0 unspecified atom stereocenters. The van der Waals surface area contributed by atoms with Gasteiger partial charge in [0, 0.05) is 23.9 Å². The predicted molar refractivity (Wildman–Crippen MR) is 61.0 cm³/mol. The zero-order valence-electron chi connectivity index (χ0n) is 8.59. The van der Waals surface area contributed by atoms with Crippen LogP contribution in [0, 0.1) is 0 Å². The Bertz CT molecular complexity index is 523. The van der Waals surface area contributed by atoms with Crippen LogP contribution >= 0.6 is 15.9 Å². The molecular formula is C10H9BrN4O. The van der Waals surface area contributed by atoms with Crippen LogP contribution in [0.3, 0.4) is 0 Å². The Morgan fingerprint density at radius 3 is 3.00 bits per heavy atom. The highest BCUT2D eigenvalue weighted by molar-refractivity contribution is 9.10. The second kappa shape index (κ2) is 4.52. The van der Waals surface area contributed by atoms with Gasteiger partial charge in [0.1, 0.15) is 5.69 Å². The van der Waals surface area contributed by atoms with Gasteiger partial charge in [-0.3, -0.25) is 14.5 Å². The number of rotatable bonds is 3. The number of halogens is 1. The SMILES string of the molecule is Cn1cc(CC(=O)c2ncccc2Br)nn1. The van der Waals surface area contributed by atoms with E-state index in [0.29, 0.717) is 15.9 Å². The van der Waals surface area contributed by atoms with E-state index in [2.05, 4.69) is 31.2 Å². The first kappa shape index (κ1) is 10.9. The number of aromatic nitrogens is 4. The molecule has 0 bridgehead atoms. The molecule has 2 aromatic heterocycles. The van der Waals surface area contributed by atoms with Gasteiger partial charge in [-0.15, -0.1) is 5.10 Å². The van der Waals surface area contributed by atoms with Gasteiger partial charge in [-0.1, -0.05) is 5.21 Å². The summed E-state index contributed by atoms with van der Waals surface area (Å²) in [5.74, 6) is -0.0759. The lowest BCUT2D eigenvalue weighted by atomic mass is 10.1. The van der Waals surface area contributed by atoms with Crippen LogP contribution in [0.1, 0.15) is 16.2 Å². The number of ketones is 1. The van der Waals surface area contributed by atoms with Crippen molar-refractivity contribution in [3.05, 3.63) is 40.4 Å². The van der Waals surface area contributed by atoms with Gasteiger partial charge >= 0.3 is 0 Å². The van der Waals surface area contributed by atoms with Crippen LogP contribution in [0.5, 0.6) is 0 Å². The summed E-state index contributed by atoms with van der Waals surface area (Å²) >= 11 is 3.29. The summed E-state index contributed by atoms with van der Waals surface area (Å²) in [4.78, 5) is 15.9. The standard InChI is InChI=1S/C10H9BrN4O/c1-15-6-7(13-14-15)5-9(16)10-8(11)3-2-4-12-10/h2-4,6H,5H2,1H3. The Labute approximate surface area is 101 Å². The van der Waals surface area contributed by atoms with Crippen molar-refractivity contribution in [2.24, 2.45) is 7.05 Å². The Hall–Kier alpha value is -1.56. The van der Waals surface area contributed by atoms with Gasteiger partial charge in [0.15, 0.2) is 5.78 Å². The molecule has 5 nitrogen and oxygen atoms in total. The van der Waals surface area contributed by atoms with E-state index in [1.54, 1.807) is 36.3 Å². The molecule has 0 aliphatic carbocycles. The maximum absolute atomic E-state index is 11.9. The van der Waals surface area contributed by atoms with Gasteiger partial charge in [-0.25, -0.2) is 0 Å². The van der Waals surface area contributed by atoms with Crippen molar-refractivity contribution in [3.8, 4) is 0 Å². The minimum Gasteiger partial charge on any atom is -0.292 e. The third-order valence-electron chi connectivity index (χ3n) is 2.01. The number of Topliss-reactive ketones (excluding diaryl/α,β-unsaturated/α-hetero) is 1. The van der Waals surface area contributed by atoms with Crippen molar-refractivity contribution in [2.75, 3.05) is 0 Å². The highest BCUT2D eigenvalue weighted by Gasteiger charge is 2.13. The van der Waals surface area contributed by atoms with Crippen molar-refractivity contribution in [1.82, 2.24) is 20.0 Å². The quantitative estimate of drug-likeness (QED) is 0.798. The number of hydrogen-bond acceptors (Lipinski definition) is 4. The van der Waals surface area contributed by atoms with Gasteiger partial charge < -0.3 is 0 Å². The highest BCUT2D eigenvalue weighted by Crippen LogP contribution is 2.15. The Kier molecular flexibility index (Phi) is 3.09. The molecule has 16 heavy (non-hydrogen) atoms. The van der Waals surface area contributed by atoms with Crippen molar-refractivity contribution < 1.29 is 4.79 Å². The van der Waals surface area contributed by atoms with Crippen molar-refractivity contribution in [1.29, 1.82) is 0 Å². The minimum atomic E-state index is -0.0759. The van der Waals surface area contributed by atoms with Gasteiger partial charge in [-0.2, -0.15) is 0 Å². The number of pyridine rings is 1. The number of hydrogen-bond donors (Lipinski definition) is 0. The average Bonchev–Trinajstić information content (AvgIpc) is 2.64. The lowest BCUT2D eigenvalue weighted by Gasteiger charge is -1.99. The molecule has 0 aromatic carbocycles. The van der Waals surface area contributed by atoms with E-state index in [-0.39, 0.29) is 12.2 Å². The van der Waals surface area contributed by atoms with Crippen molar-refractivity contribution >= 4 is 21.7 Å². The average molecular weight is 281 g/mol. The van der Waals surface area contributed by atoms with E-state index in [9.17, 15) is 4.79 Å². The van der Waals surface area contributed by atoms with Crippen LogP contribution in [-0.2, 0) is 13.5 Å². The normalized spacial score (nSPS) is 10.4. The Morgan fingerprint density at radius 1 is 1.56 bits per heavy atom. The van der Waals surface area contributed by atoms with Crippen LogP contribution in [0.2, 0.25) is 0 Å². The van der Waals surface area contributed by atoms with Crippen molar-refractivity contribution in [2.45, 2.75) is 6.42 Å². The Morgan fingerprint density at radius 2 is 2.38 bits per heavy atom. The summed E-state index contributed by atoms with van der Waals surface area (Å²) in [6.45, 7) is 0. The summed E-state index contributed by atoms with van der Waals surface area (Å²) < 4.78 is 2.26. The lowest BCUT2D eigenvalue weighted by Crippen LogP contribution is -2.07. The van der Waals surface area contributed by atoms with Crippen LogP contribution in [0.15, 0.2) is 29.0 Å². The molecule has 2 rings (SSSR count). The summed E-state index contributed by atoms with van der Waals surface area (Å²) in [6.07, 6.45) is 3.52. The molecule has 0 spiro atoms. The van der Waals surface area contributed by atoms with Gasteiger partial charge in [0.25, 0.3) is 0 Å². The molecule has 0 aliphatic rings. The number of nitrogens with zero attached hydrogens (tertiary/aromatic N) is 4.